The molecule has 1 heterocycles. The van der Waals surface area contributed by atoms with Gasteiger partial charge in [-0.3, -0.25) is 9.48 Å². The van der Waals surface area contributed by atoms with Gasteiger partial charge in [0.1, 0.15) is 0 Å². The molecule has 0 aliphatic rings. The van der Waals surface area contributed by atoms with Gasteiger partial charge in [-0.15, -0.1) is 12.4 Å². The van der Waals surface area contributed by atoms with Crippen LogP contribution in [0.15, 0.2) is 6.20 Å². The molecule has 19 heavy (non-hydrogen) atoms. The Morgan fingerprint density at radius 1 is 1.58 bits per heavy atom. The van der Waals surface area contributed by atoms with Crippen molar-refractivity contribution in [3.8, 4) is 0 Å². The van der Waals surface area contributed by atoms with Crippen LogP contribution in [0, 0.1) is 0 Å². The molecule has 1 aromatic rings. The second-order valence-electron chi connectivity index (χ2n) is 4.16. The molecule has 0 spiro atoms. The standard InChI is InChI=1S/C10H15F3N4O.ClH/c1-6(14)9(18)16(2)4-7-5-17(3)15-8(7)10(11,12)13;/h5-6H,4,14H2,1-3H3;1H. The molecule has 2 N–H and O–H groups in total. The largest absolute Gasteiger partial charge is 0.435 e. The number of nitrogens with two attached hydrogens (primary N) is 1. The first-order chi connectivity index (χ1) is 8.12. The summed E-state index contributed by atoms with van der Waals surface area (Å²) in [7, 11) is 2.80. The van der Waals surface area contributed by atoms with Gasteiger partial charge in [0.15, 0.2) is 5.69 Å². The van der Waals surface area contributed by atoms with E-state index in [0.717, 1.165) is 9.58 Å². The predicted octanol–water partition coefficient (Wildman–Crippen LogP) is 1.17. The van der Waals surface area contributed by atoms with Gasteiger partial charge in [0.2, 0.25) is 5.91 Å². The van der Waals surface area contributed by atoms with Crippen molar-refractivity contribution in [2.45, 2.75) is 25.7 Å². The van der Waals surface area contributed by atoms with E-state index in [9.17, 15) is 18.0 Å². The maximum absolute atomic E-state index is 12.7. The summed E-state index contributed by atoms with van der Waals surface area (Å²) in [5.74, 6) is -0.424. The number of likely N-dealkylation sites (N-methyl/N-ethyl adjacent to an activating group) is 1. The summed E-state index contributed by atoms with van der Waals surface area (Å²) >= 11 is 0. The van der Waals surface area contributed by atoms with Crippen LogP contribution in [-0.4, -0.2) is 33.7 Å². The molecule has 0 fully saturated rings. The molecule has 0 radical (unpaired) electrons. The van der Waals surface area contributed by atoms with Crippen molar-refractivity contribution in [1.82, 2.24) is 14.7 Å². The molecule has 1 amide bonds. The molecule has 0 aromatic carbocycles. The number of halogens is 4. The van der Waals surface area contributed by atoms with Gasteiger partial charge in [-0.25, -0.2) is 0 Å². The lowest BCUT2D eigenvalue weighted by molar-refractivity contribution is -0.143. The summed E-state index contributed by atoms with van der Waals surface area (Å²) in [6.45, 7) is 1.30. The molecule has 0 saturated heterocycles. The normalized spacial score (nSPS) is 12.8. The average molecular weight is 301 g/mol. The van der Waals surface area contributed by atoms with Crippen LogP contribution in [0.5, 0.6) is 0 Å². The zero-order valence-electron chi connectivity index (χ0n) is 10.7. The third kappa shape index (κ3) is 4.39. The molecule has 0 saturated carbocycles. The van der Waals surface area contributed by atoms with Crippen LogP contribution in [0.25, 0.3) is 0 Å². The first-order valence-electron chi connectivity index (χ1n) is 5.23. The molecule has 0 aliphatic heterocycles. The maximum atomic E-state index is 12.7. The van der Waals surface area contributed by atoms with Gasteiger partial charge < -0.3 is 10.6 Å². The van der Waals surface area contributed by atoms with E-state index in [1.165, 1.54) is 27.2 Å². The van der Waals surface area contributed by atoms with E-state index in [0.29, 0.717) is 0 Å². The van der Waals surface area contributed by atoms with Crippen LogP contribution >= 0.6 is 12.4 Å². The third-order valence-corrected chi connectivity index (χ3v) is 2.35. The fraction of sp³-hybridized carbons (Fsp3) is 0.600. The van der Waals surface area contributed by atoms with Gasteiger partial charge in [-0.2, -0.15) is 18.3 Å². The number of carbonyl (C=O) groups is 1. The summed E-state index contributed by atoms with van der Waals surface area (Å²) < 4.78 is 39.1. The zero-order chi connectivity index (χ0) is 14.1. The number of hydrogen-bond donors (Lipinski definition) is 1. The Labute approximate surface area is 115 Å². The zero-order valence-corrected chi connectivity index (χ0v) is 11.5. The number of nitrogens with zero attached hydrogens (tertiary/aromatic N) is 3. The van der Waals surface area contributed by atoms with Crippen LogP contribution < -0.4 is 5.73 Å². The molecule has 1 atom stereocenters. The molecular formula is C10H16ClF3N4O. The SMILES string of the molecule is CC(N)C(=O)N(C)Cc1cn(C)nc1C(F)(F)F.Cl. The van der Waals surface area contributed by atoms with Crippen molar-refractivity contribution in [1.29, 1.82) is 0 Å². The predicted molar refractivity (Wildman–Crippen MR) is 65.6 cm³/mol. The first-order valence-corrected chi connectivity index (χ1v) is 5.23. The molecule has 1 unspecified atom stereocenters. The van der Waals surface area contributed by atoms with Gasteiger partial charge in [0.25, 0.3) is 0 Å². The Balaban J connectivity index is 0.00000324. The van der Waals surface area contributed by atoms with Gasteiger partial charge in [0.05, 0.1) is 6.04 Å². The smallest absolute Gasteiger partial charge is 0.340 e. The number of hydrogen-bond acceptors (Lipinski definition) is 3. The van der Waals surface area contributed by atoms with Crippen molar-refractivity contribution < 1.29 is 18.0 Å². The van der Waals surface area contributed by atoms with Gasteiger partial charge in [0, 0.05) is 32.4 Å². The molecular weight excluding hydrogens is 285 g/mol. The highest BCUT2D eigenvalue weighted by molar-refractivity contribution is 5.85. The van der Waals surface area contributed by atoms with Crippen LogP contribution in [0.1, 0.15) is 18.2 Å². The lowest BCUT2D eigenvalue weighted by Gasteiger charge is -2.19. The molecule has 9 heteroatoms. The number of aryl methyl sites for hydroxylation is 1. The molecule has 0 aliphatic carbocycles. The van der Waals surface area contributed by atoms with E-state index in [1.807, 2.05) is 0 Å². The number of carbonyl (C=O) groups excluding carboxylic acids is 1. The Bertz CT molecular complexity index is 444. The lowest BCUT2D eigenvalue weighted by atomic mass is 10.2. The lowest BCUT2D eigenvalue weighted by Crippen LogP contribution is -2.39. The summed E-state index contributed by atoms with van der Waals surface area (Å²) in [5, 5.41) is 3.36. The number of amides is 1. The molecule has 1 rings (SSSR count). The molecule has 1 aromatic heterocycles. The monoisotopic (exact) mass is 300 g/mol. The minimum absolute atomic E-state index is 0. The van der Waals surface area contributed by atoms with Gasteiger partial charge >= 0.3 is 6.18 Å². The topological polar surface area (TPSA) is 64.2 Å². The first kappa shape index (κ1) is 17.7. The van der Waals surface area contributed by atoms with Crippen LogP contribution in [0.4, 0.5) is 13.2 Å². The number of alkyl halides is 3. The molecule has 5 nitrogen and oxygen atoms in total. The Kier molecular flexibility index (Phi) is 5.83. The molecule has 0 bridgehead atoms. The van der Waals surface area contributed by atoms with Crippen LogP contribution in [0.3, 0.4) is 0 Å². The minimum Gasteiger partial charge on any atom is -0.340 e. The van der Waals surface area contributed by atoms with Crippen molar-refractivity contribution in [2.24, 2.45) is 12.8 Å². The Morgan fingerprint density at radius 2 is 2.11 bits per heavy atom. The van der Waals surface area contributed by atoms with Crippen molar-refractivity contribution in [3.63, 3.8) is 0 Å². The average Bonchev–Trinajstić information content (AvgIpc) is 2.57. The third-order valence-electron chi connectivity index (χ3n) is 2.35. The highest BCUT2D eigenvalue weighted by Crippen LogP contribution is 2.30. The number of rotatable bonds is 3. The van der Waals surface area contributed by atoms with E-state index in [4.69, 9.17) is 5.73 Å². The van der Waals surface area contributed by atoms with Crippen molar-refractivity contribution in [3.05, 3.63) is 17.5 Å². The Morgan fingerprint density at radius 3 is 2.53 bits per heavy atom. The second kappa shape index (κ2) is 6.25. The summed E-state index contributed by atoms with van der Waals surface area (Å²) in [6.07, 6.45) is -3.29. The minimum atomic E-state index is -4.53. The summed E-state index contributed by atoms with van der Waals surface area (Å²) in [5.41, 5.74) is 4.35. The van der Waals surface area contributed by atoms with Crippen molar-refractivity contribution >= 4 is 18.3 Å². The highest BCUT2D eigenvalue weighted by Gasteiger charge is 2.37. The van der Waals surface area contributed by atoms with Crippen LogP contribution in [-0.2, 0) is 24.6 Å². The second-order valence-corrected chi connectivity index (χ2v) is 4.16. The van der Waals surface area contributed by atoms with E-state index in [2.05, 4.69) is 5.10 Å². The van der Waals surface area contributed by atoms with E-state index >= 15 is 0 Å². The Hall–Kier alpha value is -1.28. The quantitative estimate of drug-likeness (QED) is 0.911. The fourth-order valence-corrected chi connectivity index (χ4v) is 1.57. The van der Waals surface area contributed by atoms with E-state index in [1.54, 1.807) is 0 Å². The van der Waals surface area contributed by atoms with Crippen LogP contribution in [0.2, 0.25) is 0 Å². The fourth-order valence-electron chi connectivity index (χ4n) is 1.57. The number of aromatic nitrogens is 2. The van der Waals surface area contributed by atoms with Gasteiger partial charge in [-0.1, -0.05) is 0 Å². The highest BCUT2D eigenvalue weighted by atomic mass is 35.5. The summed E-state index contributed by atoms with van der Waals surface area (Å²) in [6, 6.07) is -0.749. The summed E-state index contributed by atoms with van der Waals surface area (Å²) in [4.78, 5) is 12.7. The van der Waals surface area contributed by atoms with E-state index < -0.39 is 23.8 Å². The van der Waals surface area contributed by atoms with E-state index in [-0.39, 0.29) is 24.5 Å². The molecule has 110 valence electrons. The van der Waals surface area contributed by atoms with Gasteiger partial charge in [-0.05, 0) is 6.92 Å². The van der Waals surface area contributed by atoms with Crippen molar-refractivity contribution in [2.75, 3.05) is 7.05 Å². The maximum Gasteiger partial charge on any atom is 0.435 e.